The number of amides is 2. The van der Waals surface area contributed by atoms with Gasteiger partial charge in [0.2, 0.25) is 11.8 Å². The van der Waals surface area contributed by atoms with E-state index in [4.69, 9.17) is 14.0 Å². The molecule has 1 unspecified atom stereocenters. The number of benzene rings is 1. The molecule has 1 heterocycles. The highest BCUT2D eigenvalue weighted by atomic mass is 16.5. The number of nitrogens with zero attached hydrogens (tertiary/aromatic N) is 2. The van der Waals surface area contributed by atoms with Gasteiger partial charge in [-0.05, 0) is 19.1 Å². The van der Waals surface area contributed by atoms with Crippen LogP contribution in [-0.4, -0.2) is 43.1 Å². The van der Waals surface area contributed by atoms with Gasteiger partial charge < -0.3 is 24.2 Å². The quantitative estimate of drug-likeness (QED) is 0.772. The lowest BCUT2D eigenvalue weighted by Crippen LogP contribution is -2.32. The van der Waals surface area contributed by atoms with E-state index in [1.165, 1.54) is 25.4 Å². The van der Waals surface area contributed by atoms with E-state index in [9.17, 15) is 9.59 Å². The van der Waals surface area contributed by atoms with Gasteiger partial charge in [0.25, 0.3) is 0 Å². The molecule has 0 saturated heterocycles. The summed E-state index contributed by atoms with van der Waals surface area (Å²) >= 11 is 0. The molecule has 1 N–H and O–H groups in total. The number of carbonyl (C=O) groups is 2. The van der Waals surface area contributed by atoms with E-state index in [0.717, 1.165) is 0 Å². The van der Waals surface area contributed by atoms with E-state index >= 15 is 0 Å². The molecule has 0 aliphatic rings. The van der Waals surface area contributed by atoms with Crippen molar-refractivity contribution in [3.05, 3.63) is 36.2 Å². The van der Waals surface area contributed by atoms with Crippen molar-refractivity contribution >= 4 is 17.5 Å². The largest absolute Gasteiger partial charge is 0.497 e. The average molecular weight is 347 g/mol. The van der Waals surface area contributed by atoms with E-state index in [1.54, 1.807) is 38.2 Å². The molecule has 2 amide bonds. The number of aromatic nitrogens is 1. The van der Waals surface area contributed by atoms with Gasteiger partial charge in [-0.3, -0.25) is 9.59 Å². The number of nitrogens with one attached hydrogen (secondary N) is 1. The molecule has 0 fully saturated rings. The normalized spacial score (nSPS) is 11.5. The van der Waals surface area contributed by atoms with E-state index in [-0.39, 0.29) is 18.4 Å². The van der Waals surface area contributed by atoms with Gasteiger partial charge in [-0.1, -0.05) is 5.16 Å². The van der Waals surface area contributed by atoms with Crippen molar-refractivity contribution in [1.29, 1.82) is 0 Å². The second-order valence-corrected chi connectivity index (χ2v) is 5.40. The van der Waals surface area contributed by atoms with Crippen molar-refractivity contribution < 1.29 is 23.6 Å². The Balaban J connectivity index is 2.01. The summed E-state index contributed by atoms with van der Waals surface area (Å²) in [4.78, 5) is 26.0. The second kappa shape index (κ2) is 8.18. The number of methoxy groups -OCH3 is 2. The highest BCUT2D eigenvalue weighted by molar-refractivity contribution is 6.04. The topological polar surface area (TPSA) is 93.9 Å². The minimum absolute atomic E-state index is 0.301. The fourth-order valence-corrected chi connectivity index (χ4v) is 2.22. The molecule has 1 aromatic carbocycles. The molecule has 1 atom stereocenters. The monoisotopic (exact) mass is 347 g/mol. The smallest absolute Gasteiger partial charge is 0.233 e. The Morgan fingerprint density at radius 1 is 1.28 bits per heavy atom. The fourth-order valence-electron chi connectivity index (χ4n) is 2.22. The van der Waals surface area contributed by atoms with Gasteiger partial charge in [-0.25, -0.2) is 0 Å². The van der Waals surface area contributed by atoms with Gasteiger partial charge in [-0.15, -0.1) is 0 Å². The van der Waals surface area contributed by atoms with Crippen LogP contribution < -0.4 is 14.8 Å². The van der Waals surface area contributed by atoms with Gasteiger partial charge in [0.1, 0.15) is 29.9 Å². The summed E-state index contributed by atoms with van der Waals surface area (Å²) < 4.78 is 15.1. The van der Waals surface area contributed by atoms with Crippen LogP contribution in [0.25, 0.3) is 0 Å². The van der Waals surface area contributed by atoms with E-state index < -0.39 is 5.91 Å². The molecule has 1 aromatic heterocycles. The predicted molar refractivity (Wildman–Crippen MR) is 90.5 cm³/mol. The second-order valence-electron chi connectivity index (χ2n) is 5.40. The molecule has 0 spiro atoms. The highest BCUT2D eigenvalue weighted by Crippen LogP contribution is 2.29. The van der Waals surface area contributed by atoms with Crippen LogP contribution in [0.5, 0.6) is 11.5 Å². The number of rotatable bonds is 7. The molecule has 8 nitrogen and oxygen atoms in total. The molecule has 2 aromatic rings. The number of carbonyl (C=O) groups excluding carboxylic acids is 2. The Labute approximate surface area is 145 Å². The van der Waals surface area contributed by atoms with Crippen LogP contribution in [0.3, 0.4) is 0 Å². The number of hydrogen-bond acceptors (Lipinski definition) is 6. The summed E-state index contributed by atoms with van der Waals surface area (Å²) in [6.07, 6.45) is 1.13. The first-order valence-electron chi connectivity index (χ1n) is 7.64. The number of ether oxygens (including phenoxy) is 2. The third-order valence-electron chi connectivity index (χ3n) is 3.85. The van der Waals surface area contributed by atoms with Crippen molar-refractivity contribution in [3.8, 4) is 11.5 Å². The summed E-state index contributed by atoms with van der Waals surface area (Å²) in [5.74, 6) is 0.260. The minimum atomic E-state index is -0.448. The van der Waals surface area contributed by atoms with Crippen molar-refractivity contribution in [2.75, 3.05) is 26.6 Å². The standard InChI is InChI=1S/C17H21N3O5/c1-11(13-7-8-25-19-13)20(2)17(22)10-16(21)18-14-9-12(23-3)5-6-15(14)24-4/h5-9,11H,10H2,1-4H3,(H,18,21). The van der Waals surface area contributed by atoms with Gasteiger partial charge in [0.05, 0.1) is 25.9 Å². The fraction of sp³-hybridized carbons (Fsp3) is 0.353. The Bertz CT molecular complexity index is 730. The van der Waals surface area contributed by atoms with E-state index in [2.05, 4.69) is 10.5 Å². The predicted octanol–water partition coefficient (Wildman–Crippen LogP) is 2.24. The van der Waals surface area contributed by atoms with Crippen LogP contribution in [0.1, 0.15) is 25.1 Å². The third kappa shape index (κ3) is 4.50. The van der Waals surface area contributed by atoms with Crippen LogP contribution in [-0.2, 0) is 9.59 Å². The zero-order valence-corrected chi connectivity index (χ0v) is 14.6. The molecule has 2 rings (SSSR count). The lowest BCUT2D eigenvalue weighted by Gasteiger charge is -2.23. The first kappa shape index (κ1) is 18.3. The molecule has 8 heteroatoms. The van der Waals surface area contributed by atoms with Gasteiger partial charge in [0, 0.05) is 19.2 Å². The van der Waals surface area contributed by atoms with Crippen molar-refractivity contribution in [2.45, 2.75) is 19.4 Å². The first-order valence-corrected chi connectivity index (χ1v) is 7.64. The molecule has 0 radical (unpaired) electrons. The summed E-state index contributed by atoms with van der Waals surface area (Å²) in [6, 6.07) is 6.39. The molecule has 0 aliphatic carbocycles. The lowest BCUT2D eigenvalue weighted by molar-refractivity contribution is -0.135. The molecule has 134 valence electrons. The molecule has 0 aliphatic heterocycles. The van der Waals surface area contributed by atoms with Crippen LogP contribution in [0.2, 0.25) is 0 Å². The average Bonchev–Trinajstić information content (AvgIpc) is 3.14. The summed E-state index contributed by atoms with van der Waals surface area (Å²) in [5, 5.41) is 6.48. The zero-order chi connectivity index (χ0) is 18.4. The molecule has 25 heavy (non-hydrogen) atoms. The van der Waals surface area contributed by atoms with E-state index in [0.29, 0.717) is 22.9 Å². The molecular weight excluding hydrogens is 326 g/mol. The van der Waals surface area contributed by atoms with Gasteiger partial charge in [-0.2, -0.15) is 0 Å². The minimum Gasteiger partial charge on any atom is -0.497 e. The SMILES string of the molecule is COc1ccc(OC)c(NC(=O)CC(=O)N(C)C(C)c2ccon2)c1. The van der Waals surface area contributed by atoms with Gasteiger partial charge in [0.15, 0.2) is 0 Å². The molecular formula is C17H21N3O5. The van der Waals surface area contributed by atoms with Crippen molar-refractivity contribution in [3.63, 3.8) is 0 Å². The third-order valence-corrected chi connectivity index (χ3v) is 3.85. The van der Waals surface area contributed by atoms with Crippen LogP contribution in [0.4, 0.5) is 5.69 Å². The Kier molecular flexibility index (Phi) is 5.99. The van der Waals surface area contributed by atoms with E-state index in [1.807, 2.05) is 0 Å². The van der Waals surface area contributed by atoms with Crippen LogP contribution >= 0.6 is 0 Å². The zero-order valence-electron chi connectivity index (χ0n) is 14.6. The van der Waals surface area contributed by atoms with Gasteiger partial charge >= 0.3 is 0 Å². The van der Waals surface area contributed by atoms with Crippen LogP contribution in [0, 0.1) is 0 Å². The summed E-state index contributed by atoms with van der Waals surface area (Å²) in [5.41, 5.74) is 1.05. The lowest BCUT2D eigenvalue weighted by atomic mass is 10.2. The Morgan fingerprint density at radius 3 is 2.64 bits per heavy atom. The summed E-state index contributed by atoms with van der Waals surface area (Å²) in [6.45, 7) is 1.80. The van der Waals surface area contributed by atoms with Crippen LogP contribution in [0.15, 0.2) is 35.1 Å². The maximum atomic E-state index is 12.3. The maximum absolute atomic E-state index is 12.3. The van der Waals surface area contributed by atoms with Crippen molar-refractivity contribution in [1.82, 2.24) is 10.1 Å². The Morgan fingerprint density at radius 2 is 2.04 bits per heavy atom. The molecule has 0 saturated carbocycles. The number of hydrogen-bond donors (Lipinski definition) is 1. The first-order chi connectivity index (χ1) is 12.0. The maximum Gasteiger partial charge on any atom is 0.233 e. The highest BCUT2D eigenvalue weighted by Gasteiger charge is 2.22. The Hall–Kier alpha value is -3.03. The summed E-state index contributed by atoms with van der Waals surface area (Å²) in [7, 11) is 4.63. The van der Waals surface area contributed by atoms with Crippen molar-refractivity contribution in [2.24, 2.45) is 0 Å². The number of anilines is 1. The molecule has 0 bridgehead atoms.